The van der Waals surface area contributed by atoms with Gasteiger partial charge in [-0.15, -0.1) is 6.58 Å². The van der Waals surface area contributed by atoms with Crippen molar-refractivity contribution in [2.75, 3.05) is 0 Å². The van der Waals surface area contributed by atoms with Gasteiger partial charge in [-0.3, -0.25) is 0 Å². The van der Waals surface area contributed by atoms with Gasteiger partial charge in [0.05, 0.1) is 0 Å². The van der Waals surface area contributed by atoms with Gasteiger partial charge < -0.3 is 14.9 Å². The molecular weight excluding hydrogens is 368 g/mol. The fourth-order valence-electron chi connectivity index (χ4n) is 3.84. The van der Waals surface area contributed by atoms with Crippen LogP contribution in [0, 0.1) is 40.5 Å². The van der Waals surface area contributed by atoms with Crippen LogP contribution in [0.2, 0.25) is 0 Å². The van der Waals surface area contributed by atoms with Crippen molar-refractivity contribution in [3.63, 3.8) is 0 Å². The maximum atomic E-state index is 3.85. The summed E-state index contributed by atoms with van der Waals surface area (Å²) in [5.41, 5.74) is 5.27. The first-order valence-electron chi connectivity index (χ1n) is 9.68. The predicted molar refractivity (Wildman–Crippen MR) is 122 cm³/mol. The second-order valence-electron chi connectivity index (χ2n) is 7.45. The molecule has 0 N–H and O–H groups in total. The summed E-state index contributed by atoms with van der Waals surface area (Å²) in [5, 5.41) is 0. The van der Waals surface area contributed by atoms with Crippen LogP contribution in [0.25, 0.3) is 12.2 Å². The minimum Gasteiger partial charge on any atom is -0.358 e. The molecule has 2 aliphatic rings. The Labute approximate surface area is 180 Å². The molecule has 0 heterocycles. The molecule has 27 heavy (non-hydrogen) atoms. The predicted octanol–water partition coefficient (Wildman–Crippen LogP) is 8.41. The van der Waals surface area contributed by atoms with Crippen molar-refractivity contribution in [2.24, 2.45) is 11.8 Å². The number of hydrogen-bond acceptors (Lipinski definition) is 0. The molecule has 0 amide bonds. The van der Waals surface area contributed by atoms with Crippen LogP contribution in [-0.4, -0.2) is 0 Å². The van der Waals surface area contributed by atoms with Gasteiger partial charge in [0.25, 0.3) is 0 Å². The molecular formula is C26H40Fe. The minimum absolute atomic E-state index is 0. The van der Waals surface area contributed by atoms with Crippen molar-refractivity contribution in [3.8, 4) is 0 Å². The van der Waals surface area contributed by atoms with Gasteiger partial charge in [0.15, 0.2) is 0 Å². The molecule has 0 bridgehead atoms. The molecule has 152 valence electrons. The van der Waals surface area contributed by atoms with E-state index in [-0.39, 0.29) is 31.9 Å². The molecule has 0 aliphatic heterocycles. The fourth-order valence-corrected chi connectivity index (χ4v) is 3.84. The Morgan fingerprint density at radius 1 is 0.778 bits per heavy atom. The van der Waals surface area contributed by atoms with Crippen LogP contribution < -0.4 is 0 Å². The Kier molecular flexibility index (Phi) is 15.6. The monoisotopic (exact) mass is 408 g/mol. The van der Waals surface area contributed by atoms with E-state index in [9.17, 15) is 0 Å². The van der Waals surface area contributed by atoms with E-state index in [0.29, 0.717) is 0 Å². The molecule has 2 aliphatic carbocycles. The summed E-state index contributed by atoms with van der Waals surface area (Å²) in [6.07, 6.45) is 19.9. The zero-order valence-electron chi connectivity index (χ0n) is 18.0. The van der Waals surface area contributed by atoms with E-state index in [1.54, 1.807) is 0 Å². The first-order valence-corrected chi connectivity index (χ1v) is 9.68. The zero-order chi connectivity index (χ0) is 17.4. The molecule has 1 aromatic rings. The van der Waals surface area contributed by atoms with E-state index in [4.69, 9.17) is 0 Å². The van der Waals surface area contributed by atoms with Gasteiger partial charge in [0.1, 0.15) is 0 Å². The topological polar surface area (TPSA) is 0 Å². The average Bonchev–Trinajstić information content (AvgIpc) is 3.29. The van der Waals surface area contributed by atoms with Crippen molar-refractivity contribution < 1.29 is 17.1 Å². The summed E-state index contributed by atoms with van der Waals surface area (Å²) in [5.74, 6) is 1.67. The van der Waals surface area contributed by atoms with E-state index in [1.165, 1.54) is 73.6 Å². The normalized spacial score (nSPS) is 16.5. The molecule has 2 saturated carbocycles. The van der Waals surface area contributed by atoms with Crippen LogP contribution in [0.15, 0.2) is 37.4 Å². The van der Waals surface area contributed by atoms with Crippen LogP contribution in [0.1, 0.15) is 73.6 Å². The molecule has 3 rings (SSSR count). The number of aryl methyl sites for hydroxylation is 2. The summed E-state index contributed by atoms with van der Waals surface area (Å²) < 4.78 is 0. The third kappa shape index (κ3) is 9.13. The Bertz CT molecular complexity index is 570. The molecule has 0 aromatic heterocycles. The Morgan fingerprint density at radius 2 is 1.22 bits per heavy atom. The Balaban J connectivity index is 0. The van der Waals surface area contributed by atoms with E-state index < -0.39 is 0 Å². The molecule has 0 saturated heterocycles. The zero-order valence-corrected chi connectivity index (χ0v) is 19.1. The summed E-state index contributed by atoms with van der Waals surface area (Å²) in [6.45, 7) is 11.9. The largest absolute Gasteiger partial charge is 2.00 e. The van der Waals surface area contributed by atoms with Gasteiger partial charge in [-0.2, -0.15) is 0 Å². The third-order valence-electron chi connectivity index (χ3n) is 5.56. The second-order valence-corrected chi connectivity index (χ2v) is 7.45. The standard InChI is InChI=1S/C17H22.C7H12.2CH3.Fe/c1-4-16-11-14(3)17(12-13(16)2)10-9-15-7-5-6-8-15;1-2-7-5-3-4-6-7;;;/h4,9-12,15H,1,5-8H2,2-3H3;2,7H,1,3-6H2;2*1H3;/q;;2*-1;+2/b10-9+;;;;. The fraction of sp³-hybridized carbons (Fsp3) is 0.462. The molecule has 1 aromatic carbocycles. The summed E-state index contributed by atoms with van der Waals surface area (Å²) >= 11 is 0. The Hall–Kier alpha value is -1.04. The molecule has 0 radical (unpaired) electrons. The molecule has 0 spiro atoms. The summed E-state index contributed by atoms with van der Waals surface area (Å²) in [4.78, 5) is 0. The number of allylic oxidation sites excluding steroid dienone is 2. The van der Waals surface area contributed by atoms with Crippen molar-refractivity contribution in [1.29, 1.82) is 0 Å². The van der Waals surface area contributed by atoms with Gasteiger partial charge in [-0.05, 0) is 73.6 Å². The van der Waals surface area contributed by atoms with Crippen LogP contribution in [0.5, 0.6) is 0 Å². The quantitative estimate of drug-likeness (QED) is 0.266. The Morgan fingerprint density at radius 3 is 1.67 bits per heavy atom. The summed E-state index contributed by atoms with van der Waals surface area (Å²) in [6, 6.07) is 4.51. The number of benzene rings is 1. The maximum absolute atomic E-state index is 3.85. The maximum Gasteiger partial charge on any atom is 2.00 e. The second kappa shape index (κ2) is 14.9. The van der Waals surface area contributed by atoms with E-state index in [0.717, 1.165) is 11.8 Å². The van der Waals surface area contributed by atoms with Gasteiger partial charge in [-0.1, -0.05) is 68.7 Å². The van der Waals surface area contributed by atoms with Gasteiger partial charge in [0.2, 0.25) is 0 Å². The van der Waals surface area contributed by atoms with Crippen molar-refractivity contribution in [3.05, 3.63) is 74.5 Å². The van der Waals surface area contributed by atoms with Crippen LogP contribution >= 0.6 is 0 Å². The van der Waals surface area contributed by atoms with Crippen molar-refractivity contribution in [1.82, 2.24) is 0 Å². The number of hydrogen-bond donors (Lipinski definition) is 0. The average molecular weight is 408 g/mol. The van der Waals surface area contributed by atoms with Gasteiger partial charge >= 0.3 is 17.1 Å². The van der Waals surface area contributed by atoms with Crippen LogP contribution in [0.4, 0.5) is 0 Å². The van der Waals surface area contributed by atoms with Crippen LogP contribution in [0.3, 0.4) is 0 Å². The molecule has 0 nitrogen and oxygen atoms in total. The van der Waals surface area contributed by atoms with E-state index in [2.05, 4.69) is 57.4 Å². The van der Waals surface area contributed by atoms with Gasteiger partial charge in [-0.25, -0.2) is 0 Å². The van der Waals surface area contributed by atoms with Gasteiger partial charge in [0, 0.05) is 0 Å². The summed E-state index contributed by atoms with van der Waals surface area (Å²) in [7, 11) is 0. The van der Waals surface area contributed by atoms with Crippen LogP contribution in [-0.2, 0) is 17.1 Å². The molecule has 0 atom stereocenters. The first kappa shape index (κ1) is 28.2. The molecule has 2 fully saturated rings. The van der Waals surface area contributed by atoms with E-state index >= 15 is 0 Å². The van der Waals surface area contributed by atoms with Crippen molar-refractivity contribution >= 4 is 12.2 Å². The molecule has 1 heteroatoms. The van der Waals surface area contributed by atoms with Crippen molar-refractivity contribution in [2.45, 2.75) is 65.2 Å². The minimum atomic E-state index is 0. The first-order chi connectivity index (χ1) is 11.6. The SMILES string of the molecule is C=CC1CCCC1.C=Cc1cc(C)c(/C=C/C2CCCC2)cc1C.[CH3-].[CH3-].[Fe+2]. The third-order valence-corrected chi connectivity index (χ3v) is 5.56. The van der Waals surface area contributed by atoms with E-state index in [1.807, 2.05) is 6.08 Å². The molecule has 0 unspecified atom stereocenters. The smallest absolute Gasteiger partial charge is 0.358 e. The number of rotatable bonds is 4.